The van der Waals surface area contributed by atoms with E-state index in [0.29, 0.717) is 13.0 Å². The van der Waals surface area contributed by atoms with Crippen molar-refractivity contribution >= 4 is 11.6 Å². The topological polar surface area (TPSA) is 32.3 Å². The third-order valence-corrected chi connectivity index (χ3v) is 4.75. The van der Waals surface area contributed by atoms with Gasteiger partial charge in [0.15, 0.2) is 0 Å². The van der Waals surface area contributed by atoms with Gasteiger partial charge in [0.05, 0.1) is 6.42 Å². The van der Waals surface area contributed by atoms with Crippen LogP contribution >= 0.6 is 0 Å². The lowest BCUT2D eigenvalue weighted by molar-refractivity contribution is -0.120. The van der Waals surface area contributed by atoms with Gasteiger partial charge in [-0.2, -0.15) is 0 Å². The summed E-state index contributed by atoms with van der Waals surface area (Å²) in [5.41, 5.74) is 5.95. The number of aryl methyl sites for hydroxylation is 2. The average Bonchev–Trinajstić information content (AvgIpc) is 3.11. The van der Waals surface area contributed by atoms with E-state index in [1.807, 2.05) is 0 Å². The Morgan fingerprint density at radius 1 is 1.04 bits per heavy atom. The van der Waals surface area contributed by atoms with Crippen LogP contribution in [0.5, 0.6) is 0 Å². The molecule has 1 heterocycles. The second-order valence-corrected chi connectivity index (χ2v) is 6.74. The summed E-state index contributed by atoms with van der Waals surface area (Å²) in [5.74, 6) is 0.0746. The number of anilines is 1. The van der Waals surface area contributed by atoms with E-state index in [-0.39, 0.29) is 5.91 Å². The first kappa shape index (κ1) is 16.6. The number of hydrogen-bond acceptors (Lipinski definition) is 2. The van der Waals surface area contributed by atoms with Crippen LogP contribution in [0.25, 0.3) is 0 Å². The van der Waals surface area contributed by atoms with E-state index in [9.17, 15) is 4.79 Å². The first-order valence-corrected chi connectivity index (χ1v) is 8.78. The van der Waals surface area contributed by atoms with Crippen LogP contribution in [0.3, 0.4) is 0 Å². The van der Waals surface area contributed by atoms with Crippen LogP contribution < -0.4 is 10.2 Å². The van der Waals surface area contributed by atoms with Gasteiger partial charge in [-0.05, 0) is 55.5 Å². The highest BCUT2D eigenvalue weighted by molar-refractivity contribution is 5.79. The van der Waals surface area contributed by atoms with E-state index in [1.165, 1.54) is 29.7 Å². The zero-order chi connectivity index (χ0) is 16.9. The number of hydrogen-bond donors (Lipinski definition) is 1. The van der Waals surface area contributed by atoms with Gasteiger partial charge in [-0.1, -0.05) is 35.9 Å². The summed E-state index contributed by atoms with van der Waals surface area (Å²) in [6, 6.07) is 14.8. The quantitative estimate of drug-likeness (QED) is 0.909. The summed E-state index contributed by atoms with van der Waals surface area (Å²) in [5, 5.41) is 3.03. The van der Waals surface area contributed by atoms with E-state index in [4.69, 9.17) is 0 Å². The van der Waals surface area contributed by atoms with Crippen molar-refractivity contribution in [1.82, 2.24) is 5.32 Å². The highest BCUT2D eigenvalue weighted by Gasteiger charge is 2.12. The molecule has 1 aliphatic heterocycles. The SMILES string of the molecule is Cc1ccc(CC(=O)NCc2ccc(N3CCCC3)cc2)c(C)c1. The standard InChI is InChI=1S/C21H26N2O/c1-16-5-8-19(17(2)13-16)14-21(24)22-15-18-6-9-20(10-7-18)23-11-3-4-12-23/h5-10,13H,3-4,11-12,14-15H2,1-2H3,(H,22,24). The number of amides is 1. The Kier molecular flexibility index (Phi) is 5.19. The van der Waals surface area contributed by atoms with Gasteiger partial charge >= 0.3 is 0 Å². The zero-order valence-corrected chi connectivity index (χ0v) is 14.6. The molecule has 0 spiro atoms. The van der Waals surface area contributed by atoms with Gasteiger partial charge in [-0.25, -0.2) is 0 Å². The van der Waals surface area contributed by atoms with Crippen LogP contribution in [0.2, 0.25) is 0 Å². The van der Waals surface area contributed by atoms with Crippen LogP contribution in [-0.4, -0.2) is 19.0 Å². The van der Waals surface area contributed by atoms with Gasteiger partial charge in [-0.15, -0.1) is 0 Å². The summed E-state index contributed by atoms with van der Waals surface area (Å²) < 4.78 is 0. The number of rotatable bonds is 5. The van der Waals surface area contributed by atoms with Crippen LogP contribution in [0.4, 0.5) is 5.69 Å². The molecular weight excluding hydrogens is 296 g/mol. The normalized spacial score (nSPS) is 14.0. The van der Waals surface area contributed by atoms with Crippen molar-refractivity contribution in [2.24, 2.45) is 0 Å². The molecule has 24 heavy (non-hydrogen) atoms. The molecule has 1 N–H and O–H groups in total. The van der Waals surface area contributed by atoms with E-state index in [1.54, 1.807) is 0 Å². The van der Waals surface area contributed by atoms with Gasteiger partial charge < -0.3 is 10.2 Å². The van der Waals surface area contributed by atoms with Gasteiger partial charge in [0.25, 0.3) is 0 Å². The first-order chi connectivity index (χ1) is 11.6. The molecule has 0 unspecified atom stereocenters. The van der Waals surface area contributed by atoms with Crippen molar-refractivity contribution in [1.29, 1.82) is 0 Å². The summed E-state index contributed by atoms with van der Waals surface area (Å²) in [4.78, 5) is 14.6. The van der Waals surface area contributed by atoms with Crippen molar-refractivity contribution in [3.05, 3.63) is 64.7 Å². The van der Waals surface area contributed by atoms with Gasteiger partial charge in [0.2, 0.25) is 5.91 Å². The molecule has 0 aliphatic carbocycles. The minimum absolute atomic E-state index is 0.0746. The molecule has 126 valence electrons. The molecule has 3 heteroatoms. The monoisotopic (exact) mass is 322 g/mol. The molecule has 3 rings (SSSR count). The first-order valence-electron chi connectivity index (χ1n) is 8.78. The highest BCUT2D eigenvalue weighted by Crippen LogP contribution is 2.20. The third-order valence-electron chi connectivity index (χ3n) is 4.75. The molecule has 0 saturated carbocycles. The van der Waals surface area contributed by atoms with E-state index < -0.39 is 0 Å². The molecule has 1 aliphatic rings. The minimum atomic E-state index is 0.0746. The Balaban J connectivity index is 1.52. The molecule has 2 aromatic carbocycles. The summed E-state index contributed by atoms with van der Waals surface area (Å²) in [6.45, 7) is 7.04. The number of carbonyl (C=O) groups is 1. The number of carbonyl (C=O) groups excluding carboxylic acids is 1. The Labute approximate surface area is 144 Å². The molecule has 1 amide bonds. The fourth-order valence-electron chi connectivity index (χ4n) is 3.28. The lowest BCUT2D eigenvalue weighted by Crippen LogP contribution is -2.25. The summed E-state index contributed by atoms with van der Waals surface area (Å²) in [6.07, 6.45) is 3.02. The van der Waals surface area contributed by atoms with Crippen molar-refractivity contribution in [2.75, 3.05) is 18.0 Å². The van der Waals surface area contributed by atoms with Crippen LogP contribution in [0.15, 0.2) is 42.5 Å². The predicted octanol–water partition coefficient (Wildman–Crippen LogP) is 3.76. The Morgan fingerprint density at radius 2 is 1.75 bits per heavy atom. The average molecular weight is 322 g/mol. The maximum atomic E-state index is 12.2. The Bertz CT molecular complexity index is 700. The molecule has 0 bridgehead atoms. The van der Waals surface area contributed by atoms with Crippen LogP contribution in [-0.2, 0) is 17.8 Å². The lowest BCUT2D eigenvalue weighted by atomic mass is 10.0. The van der Waals surface area contributed by atoms with Crippen molar-refractivity contribution < 1.29 is 4.79 Å². The van der Waals surface area contributed by atoms with Crippen molar-refractivity contribution in [2.45, 2.75) is 39.7 Å². The van der Waals surface area contributed by atoms with Crippen LogP contribution in [0.1, 0.15) is 35.1 Å². The van der Waals surface area contributed by atoms with Gasteiger partial charge in [0, 0.05) is 25.3 Å². The van der Waals surface area contributed by atoms with E-state index in [2.05, 4.69) is 66.5 Å². The minimum Gasteiger partial charge on any atom is -0.372 e. The summed E-state index contributed by atoms with van der Waals surface area (Å²) in [7, 11) is 0. The molecular formula is C21H26N2O. The number of benzene rings is 2. The highest BCUT2D eigenvalue weighted by atomic mass is 16.1. The number of nitrogens with zero attached hydrogens (tertiary/aromatic N) is 1. The second-order valence-electron chi connectivity index (χ2n) is 6.74. The fraction of sp³-hybridized carbons (Fsp3) is 0.381. The van der Waals surface area contributed by atoms with Crippen molar-refractivity contribution in [3.63, 3.8) is 0 Å². The predicted molar refractivity (Wildman–Crippen MR) is 99.4 cm³/mol. The van der Waals surface area contributed by atoms with Crippen LogP contribution in [0, 0.1) is 13.8 Å². The van der Waals surface area contributed by atoms with E-state index in [0.717, 1.165) is 24.2 Å². The van der Waals surface area contributed by atoms with Crippen molar-refractivity contribution in [3.8, 4) is 0 Å². The molecule has 0 radical (unpaired) electrons. The smallest absolute Gasteiger partial charge is 0.224 e. The zero-order valence-electron chi connectivity index (χ0n) is 14.6. The van der Waals surface area contributed by atoms with E-state index >= 15 is 0 Å². The maximum absolute atomic E-state index is 12.2. The molecule has 1 saturated heterocycles. The number of nitrogens with one attached hydrogen (secondary N) is 1. The fourth-order valence-corrected chi connectivity index (χ4v) is 3.28. The Hall–Kier alpha value is -2.29. The Morgan fingerprint density at radius 3 is 2.42 bits per heavy atom. The lowest BCUT2D eigenvalue weighted by Gasteiger charge is -2.17. The maximum Gasteiger partial charge on any atom is 0.224 e. The van der Waals surface area contributed by atoms with Gasteiger partial charge in [0.1, 0.15) is 0 Å². The molecule has 3 nitrogen and oxygen atoms in total. The molecule has 2 aromatic rings. The second kappa shape index (κ2) is 7.52. The molecule has 1 fully saturated rings. The molecule has 0 aromatic heterocycles. The third kappa shape index (κ3) is 4.16. The summed E-state index contributed by atoms with van der Waals surface area (Å²) >= 11 is 0. The molecule has 0 atom stereocenters. The largest absolute Gasteiger partial charge is 0.372 e. The van der Waals surface area contributed by atoms with Gasteiger partial charge in [-0.3, -0.25) is 4.79 Å².